The first-order valence-corrected chi connectivity index (χ1v) is 3.82. The molecule has 0 aromatic heterocycles. The standard InChI is InChI=1S/C9H17NO/c1-5-6-10(7-8-11)9(2,3)4/h5,8H,1,6-7H2,2-4H3. The van der Waals surface area contributed by atoms with Gasteiger partial charge < -0.3 is 4.79 Å². The van der Waals surface area contributed by atoms with Gasteiger partial charge in [0.1, 0.15) is 6.29 Å². The van der Waals surface area contributed by atoms with Crippen LogP contribution in [0.3, 0.4) is 0 Å². The number of carbonyl (C=O) groups is 1. The van der Waals surface area contributed by atoms with Crippen LogP contribution in [0.1, 0.15) is 20.8 Å². The van der Waals surface area contributed by atoms with Crippen molar-refractivity contribution in [3.05, 3.63) is 12.7 Å². The molecule has 0 bridgehead atoms. The Morgan fingerprint density at radius 1 is 1.36 bits per heavy atom. The Hall–Kier alpha value is -0.630. The van der Waals surface area contributed by atoms with Crippen LogP contribution in [0, 0.1) is 0 Å². The molecule has 0 rings (SSSR count). The zero-order valence-electron chi connectivity index (χ0n) is 7.63. The summed E-state index contributed by atoms with van der Waals surface area (Å²) in [5, 5.41) is 0. The van der Waals surface area contributed by atoms with Gasteiger partial charge in [-0.15, -0.1) is 6.58 Å². The number of hydrogen-bond acceptors (Lipinski definition) is 2. The second-order valence-corrected chi connectivity index (χ2v) is 3.53. The van der Waals surface area contributed by atoms with Crippen molar-refractivity contribution in [1.29, 1.82) is 0 Å². The van der Waals surface area contributed by atoms with Gasteiger partial charge in [-0.05, 0) is 20.8 Å². The first kappa shape index (κ1) is 10.4. The van der Waals surface area contributed by atoms with Gasteiger partial charge in [-0.1, -0.05) is 6.08 Å². The van der Waals surface area contributed by atoms with Gasteiger partial charge in [0.15, 0.2) is 0 Å². The molecule has 0 unspecified atom stereocenters. The number of aldehydes is 1. The molecule has 0 fully saturated rings. The summed E-state index contributed by atoms with van der Waals surface area (Å²) in [5.74, 6) is 0. The van der Waals surface area contributed by atoms with Crippen LogP contribution in [-0.2, 0) is 4.79 Å². The summed E-state index contributed by atoms with van der Waals surface area (Å²) < 4.78 is 0. The first-order chi connectivity index (χ1) is 5.02. The highest BCUT2D eigenvalue weighted by atomic mass is 16.1. The predicted octanol–water partition coefficient (Wildman–Crippen LogP) is 1.47. The first-order valence-electron chi connectivity index (χ1n) is 3.82. The van der Waals surface area contributed by atoms with E-state index in [0.29, 0.717) is 6.54 Å². The molecule has 0 aromatic carbocycles. The lowest BCUT2D eigenvalue weighted by Gasteiger charge is -2.32. The molecule has 2 nitrogen and oxygen atoms in total. The summed E-state index contributed by atoms with van der Waals surface area (Å²) in [4.78, 5) is 12.3. The molecule has 0 aliphatic rings. The van der Waals surface area contributed by atoms with Crippen LogP contribution < -0.4 is 0 Å². The second-order valence-electron chi connectivity index (χ2n) is 3.53. The molecule has 0 aliphatic carbocycles. The highest BCUT2D eigenvalue weighted by Crippen LogP contribution is 2.11. The van der Waals surface area contributed by atoms with Crippen LogP contribution in [-0.4, -0.2) is 29.8 Å². The topological polar surface area (TPSA) is 20.3 Å². The fraction of sp³-hybridized carbons (Fsp3) is 0.667. The average Bonchev–Trinajstić information content (AvgIpc) is 1.85. The van der Waals surface area contributed by atoms with Crippen molar-refractivity contribution in [1.82, 2.24) is 4.90 Å². The van der Waals surface area contributed by atoms with E-state index in [-0.39, 0.29) is 5.54 Å². The van der Waals surface area contributed by atoms with Gasteiger partial charge in [-0.2, -0.15) is 0 Å². The maximum atomic E-state index is 10.3. The summed E-state index contributed by atoms with van der Waals surface area (Å²) in [6.07, 6.45) is 2.74. The summed E-state index contributed by atoms with van der Waals surface area (Å²) in [6, 6.07) is 0. The zero-order valence-corrected chi connectivity index (χ0v) is 7.63. The average molecular weight is 155 g/mol. The van der Waals surface area contributed by atoms with Gasteiger partial charge >= 0.3 is 0 Å². The van der Waals surface area contributed by atoms with E-state index in [4.69, 9.17) is 0 Å². The lowest BCUT2D eigenvalue weighted by atomic mass is 10.1. The number of hydrogen-bond donors (Lipinski definition) is 0. The van der Waals surface area contributed by atoms with Crippen molar-refractivity contribution < 1.29 is 4.79 Å². The third kappa shape index (κ3) is 3.94. The summed E-state index contributed by atoms with van der Waals surface area (Å²) >= 11 is 0. The van der Waals surface area contributed by atoms with Gasteiger partial charge in [-0.3, -0.25) is 4.90 Å². The summed E-state index contributed by atoms with van der Waals surface area (Å²) in [6.45, 7) is 11.1. The molecule has 0 saturated heterocycles. The second kappa shape index (κ2) is 4.29. The third-order valence-electron chi connectivity index (χ3n) is 1.59. The molecule has 0 N–H and O–H groups in total. The van der Waals surface area contributed by atoms with Crippen LogP contribution in [0.5, 0.6) is 0 Å². The normalized spacial score (nSPS) is 11.6. The van der Waals surface area contributed by atoms with E-state index >= 15 is 0 Å². The molecule has 0 amide bonds. The Morgan fingerprint density at radius 2 is 1.91 bits per heavy atom. The lowest BCUT2D eigenvalue weighted by molar-refractivity contribution is -0.109. The van der Waals surface area contributed by atoms with E-state index < -0.39 is 0 Å². The molecule has 0 aromatic rings. The highest BCUT2D eigenvalue weighted by molar-refractivity contribution is 5.52. The fourth-order valence-electron chi connectivity index (χ4n) is 0.868. The van der Waals surface area contributed by atoms with Gasteiger partial charge in [0.2, 0.25) is 0 Å². The number of carbonyl (C=O) groups excluding carboxylic acids is 1. The van der Waals surface area contributed by atoms with E-state index in [0.717, 1.165) is 12.8 Å². The van der Waals surface area contributed by atoms with E-state index in [1.807, 2.05) is 6.08 Å². The van der Waals surface area contributed by atoms with E-state index in [9.17, 15) is 4.79 Å². The Balaban J connectivity index is 4.08. The predicted molar refractivity (Wildman–Crippen MR) is 47.6 cm³/mol. The molecule has 0 heterocycles. The molecule has 0 aliphatic heterocycles. The summed E-state index contributed by atoms with van der Waals surface area (Å²) in [5.41, 5.74) is 0.0507. The Kier molecular flexibility index (Phi) is 4.04. The van der Waals surface area contributed by atoms with Crippen molar-refractivity contribution in [2.75, 3.05) is 13.1 Å². The van der Waals surface area contributed by atoms with Gasteiger partial charge in [0.25, 0.3) is 0 Å². The van der Waals surface area contributed by atoms with Crippen molar-refractivity contribution in [3.63, 3.8) is 0 Å². The van der Waals surface area contributed by atoms with E-state index in [1.54, 1.807) is 0 Å². The van der Waals surface area contributed by atoms with Crippen molar-refractivity contribution in [3.8, 4) is 0 Å². The molecular formula is C9H17NO. The molecule has 2 heteroatoms. The fourth-order valence-corrected chi connectivity index (χ4v) is 0.868. The Morgan fingerprint density at radius 3 is 2.18 bits per heavy atom. The van der Waals surface area contributed by atoms with Crippen LogP contribution >= 0.6 is 0 Å². The van der Waals surface area contributed by atoms with Crippen LogP contribution in [0.2, 0.25) is 0 Å². The van der Waals surface area contributed by atoms with Crippen molar-refractivity contribution in [2.24, 2.45) is 0 Å². The van der Waals surface area contributed by atoms with Crippen LogP contribution in [0.25, 0.3) is 0 Å². The van der Waals surface area contributed by atoms with Gasteiger partial charge in [0.05, 0.1) is 6.54 Å². The zero-order chi connectivity index (χ0) is 8.91. The van der Waals surface area contributed by atoms with Crippen LogP contribution in [0.15, 0.2) is 12.7 Å². The Labute approximate surface area is 68.9 Å². The van der Waals surface area contributed by atoms with Gasteiger partial charge in [0, 0.05) is 12.1 Å². The molecular weight excluding hydrogens is 138 g/mol. The number of nitrogens with zero attached hydrogens (tertiary/aromatic N) is 1. The molecule has 0 saturated carbocycles. The minimum atomic E-state index is 0.0507. The molecule has 11 heavy (non-hydrogen) atoms. The highest BCUT2D eigenvalue weighted by Gasteiger charge is 2.18. The molecule has 0 spiro atoms. The van der Waals surface area contributed by atoms with Crippen molar-refractivity contribution >= 4 is 6.29 Å². The SMILES string of the molecule is C=CCN(CC=O)C(C)(C)C. The largest absolute Gasteiger partial charge is 0.302 e. The lowest BCUT2D eigenvalue weighted by Crippen LogP contribution is -2.42. The van der Waals surface area contributed by atoms with E-state index in [2.05, 4.69) is 32.3 Å². The summed E-state index contributed by atoms with van der Waals surface area (Å²) in [7, 11) is 0. The molecule has 64 valence electrons. The number of rotatable bonds is 4. The van der Waals surface area contributed by atoms with E-state index in [1.165, 1.54) is 0 Å². The maximum Gasteiger partial charge on any atom is 0.134 e. The van der Waals surface area contributed by atoms with Crippen molar-refractivity contribution in [2.45, 2.75) is 26.3 Å². The van der Waals surface area contributed by atoms with Gasteiger partial charge in [-0.25, -0.2) is 0 Å². The molecule has 0 atom stereocenters. The smallest absolute Gasteiger partial charge is 0.134 e. The van der Waals surface area contributed by atoms with Crippen LogP contribution in [0.4, 0.5) is 0 Å². The third-order valence-corrected chi connectivity index (χ3v) is 1.59. The monoisotopic (exact) mass is 155 g/mol. The quantitative estimate of drug-likeness (QED) is 0.452. The Bertz CT molecular complexity index is 125. The minimum Gasteiger partial charge on any atom is -0.302 e. The maximum absolute atomic E-state index is 10.3. The molecule has 0 radical (unpaired) electrons. The minimum absolute atomic E-state index is 0.0507.